The van der Waals surface area contributed by atoms with Crippen LogP contribution in [0.25, 0.3) is 21.7 Å². The summed E-state index contributed by atoms with van der Waals surface area (Å²) < 4.78 is 8.08. The molecule has 0 saturated heterocycles. The predicted molar refractivity (Wildman–Crippen MR) is 155 cm³/mol. The summed E-state index contributed by atoms with van der Waals surface area (Å²) in [5.41, 5.74) is 2.73. The van der Waals surface area contributed by atoms with Crippen LogP contribution in [0.15, 0.2) is 93.2 Å². The Morgan fingerprint density at radius 3 is 2.66 bits per heavy atom. The zero-order chi connectivity index (χ0) is 26.6. The van der Waals surface area contributed by atoms with Crippen LogP contribution in [0.4, 0.5) is 5.69 Å². The van der Waals surface area contributed by atoms with Gasteiger partial charge in [-0.15, -0.1) is 0 Å². The number of anilines is 1. The van der Waals surface area contributed by atoms with Crippen LogP contribution in [0.1, 0.15) is 23.9 Å². The number of ether oxygens (including phenoxy) is 1. The summed E-state index contributed by atoms with van der Waals surface area (Å²) in [7, 11) is 0. The summed E-state index contributed by atoms with van der Waals surface area (Å²) in [5.74, 6) is 0.750. The van der Waals surface area contributed by atoms with Gasteiger partial charge in [0.2, 0.25) is 0 Å². The molecule has 0 unspecified atom stereocenters. The van der Waals surface area contributed by atoms with E-state index in [4.69, 9.17) is 4.74 Å². The Morgan fingerprint density at radius 1 is 1.05 bits per heavy atom. The van der Waals surface area contributed by atoms with E-state index in [0.717, 1.165) is 26.5 Å². The van der Waals surface area contributed by atoms with Crippen LogP contribution in [0.3, 0.4) is 0 Å². The van der Waals surface area contributed by atoms with Crippen molar-refractivity contribution in [1.82, 2.24) is 9.66 Å². The molecule has 0 saturated carbocycles. The topological polar surface area (TPSA) is 85.6 Å². The fourth-order valence-corrected chi connectivity index (χ4v) is 4.60. The second kappa shape index (κ2) is 11.0. The number of hydrogen-bond acceptors (Lipinski definition) is 5. The Balaban J connectivity index is 1.51. The monoisotopic (exact) mass is 568 g/mol. The molecular formula is C30H25BrN4O3. The minimum Gasteiger partial charge on any atom is -0.483 e. The van der Waals surface area contributed by atoms with Crippen LogP contribution >= 0.6 is 15.9 Å². The molecule has 0 fully saturated rings. The lowest BCUT2D eigenvalue weighted by Gasteiger charge is -2.13. The molecule has 0 radical (unpaired) electrons. The number of halogens is 1. The summed E-state index contributed by atoms with van der Waals surface area (Å²) in [6, 6.07) is 24.5. The molecule has 0 aliphatic carbocycles. The Bertz CT molecular complexity index is 1760. The van der Waals surface area contributed by atoms with Crippen LogP contribution in [-0.2, 0) is 11.2 Å². The van der Waals surface area contributed by atoms with Crippen molar-refractivity contribution in [3.63, 3.8) is 0 Å². The van der Waals surface area contributed by atoms with Crippen molar-refractivity contribution in [2.45, 2.75) is 20.3 Å². The third-order valence-corrected chi connectivity index (χ3v) is 6.70. The predicted octanol–water partition coefficient (Wildman–Crippen LogP) is 6.08. The van der Waals surface area contributed by atoms with E-state index in [2.05, 4.69) is 31.3 Å². The van der Waals surface area contributed by atoms with E-state index in [1.165, 1.54) is 4.68 Å². The Hall–Kier alpha value is -4.30. The fourth-order valence-electron chi connectivity index (χ4n) is 4.24. The van der Waals surface area contributed by atoms with E-state index >= 15 is 0 Å². The van der Waals surface area contributed by atoms with Crippen LogP contribution in [0.2, 0.25) is 0 Å². The normalized spacial score (nSPS) is 11.3. The molecule has 5 rings (SSSR count). The lowest BCUT2D eigenvalue weighted by molar-refractivity contribution is -0.118. The summed E-state index contributed by atoms with van der Waals surface area (Å²) in [6.45, 7) is 3.68. The summed E-state index contributed by atoms with van der Waals surface area (Å²) >= 11 is 3.43. The van der Waals surface area contributed by atoms with E-state index in [-0.39, 0.29) is 18.1 Å². The molecule has 7 nitrogen and oxygen atoms in total. The lowest BCUT2D eigenvalue weighted by atomic mass is 10.0. The van der Waals surface area contributed by atoms with Crippen molar-refractivity contribution in [3.8, 4) is 5.75 Å². The molecule has 1 amide bonds. The van der Waals surface area contributed by atoms with Gasteiger partial charge in [0, 0.05) is 22.1 Å². The van der Waals surface area contributed by atoms with Gasteiger partial charge in [0.15, 0.2) is 6.61 Å². The molecule has 1 aromatic heterocycles. The highest BCUT2D eigenvalue weighted by Crippen LogP contribution is 2.27. The molecular weight excluding hydrogens is 544 g/mol. The Kier molecular flexibility index (Phi) is 7.33. The lowest BCUT2D eigenvalue weighted by Crippen LogP contribution is -2.22. The van der Waals surface area contributed by atoms with E-state index in [1.54, 1.807) is 12.3 Å². The summed E-state index contributed by atoms with van der Waals surface area (Å²) in [6.07, 6.45) is 2.12. The zero-order valence-corrected chi connectivity index (χ0v) is 22.5. The maximum Gasteiger partial charge on any atom is 0.282 e. The van der Waals surface area contributed by atoms with Crippen LogP contribution in [0, 0.1) is 6.92 Å². The number of carbonyl (C=O) groups excluding carboxylic acids is 1. The van der Waals surface area contributed by atoms with Crippen molar-refractivity contribution in [2.24, 2.45) is 5.10 Å². The van der Waals surface area contributed by atoms with Gasteiger partial charge in [-0.25, -0.2) is 4.98 Å². The third kappa shape index (κ3) is 5.21. The van der Waals surface area contributed by atoms with E-state index < -0.39 is 0 Å². The maximum atomic E-state index is 13.4. The summed E-state index contributed by atoms with van der Waals surface area (Å²) in [5, 5.41) is 9.78. The van der Waals surface area contributed by atoms with E-state index in [0.29, 0.717) is 34.5 Å². The van der Waals surface area contributed by atoms with Crippen molar-refractivity contribution < 1.29 is 9.53 Å². The first-order valence-corrected chi connectivity index (χ1v) is 13.0. The second-order valence-electron chi connectivity index (χ2n) is 8.75. The van der Waals surface area contributed by atoms with Gasteiger partial charge in [0.05, 0.1) is 17.1 Å². The van der Waals surface area contributed by atoms with Crippen molar-refractivity contribution >= 4 is 55.4 Å². The molecule has 1 N–H and O–H groups in total. The molecule has 8 heteroatoms. The number of carbonyl (C=O) groups is 1. The average Bonchev–Trinajstić information content (AvgIpc) is 2.93. The fraction of sp³-hybridized carbons (Fsp3) is 0.133. The highest BCUT2D eigenvalue weighted by molar-refractivity contribution is 9.10. The molecule has 190 valence electrons. The van der Waals surface area contributed by atoms with E-state index in [9.17, 15) is 9.59 Å². The van der Waals surface area contributed by atoms with Gasteiger partial charge < -0.3 is 10.1 Å². The standard InChI is InChI=1S/C30H25BrN4O3/c1-3-28-33-26-14-13-21(31)16-23(26)30(37)35(28)32-17-24-22-10-6-5-9-20(22)12-15-27(24)38-18-29(36)34-25-11-7-4-8-19(25)2/h4-17H,3,18H2,1-2H3,(H,34,36). The van der Waals surface area contributed by atoms with Gasteiger partial charge in [0.1, 0.15) is 11.6 Å². The highest BCUT2D eigenvalue weighted by atomic mass is 79.9. The van der Waals surface area contributed by atoms with Gasteiger partial charge in [0.25, 0.3) is 11.5 Å². The van der Waals surface area contributed by atoms with Crippen LogP contribution in [-0.4, -0.2) is 28.4 Å². The van der Waals surface area contributed by atoms with Gasteiger partial charge in [-0.1, -0.05) is 71.4 Å². The number of benzene rings is 4. The van der Waals surface area contributed by atoms with Gasteiger partial charge in [-0.3, -0.25) is 9.59 Å². The number of nitrogens with one attached hydrogen (secondary N) is 1. The smallest absolute Gasteiger partial charge is 0.282 e. The molecule has 5 aromatic rings. The molecule has 38 heavy (non-hydrogen) atoms. The first-order valence-electron chi connectivity index (χ1n) is 12.2. The number of aryl methyl sites for hydroxylation is 2. The number of fused-ring (bicyclic) bond motifs is 2. The molecule has 0 spiro atoms. The minimum absolute atomic E-state index is 0.181. The van der Waals surface area contributed by atoms with E-state index in [1.807, 2.05) is 86.6 Å². The summed E-state index contributed by atoms with van der Waals surface area (Å²) in [4.78, 5) is 30.6. The number of rotatable bonds is 7. The van der Waals surface area contributed by atoms with Crippen molar-refractivity contribution in [2.75, 3.05) is 11.9 Å². The second-order valence-corrected chi connectivity index (χ2v) is 9.67. The Morgan fingerprint density at radius 2 is 1.84 bits per heavy atom. The average molecular weight is 569 g/mol. The molecule has 0 aliphatic heterocycles. The SMILES string of the molecule is CCc1nc2ccc(Br)cc2c(=O)n1N=Cc1c(OCC(=O)Nc2ccccc2C)ccc2ccccc12. The number of nitrogens with zero attached hydrogens (tertiary/aromatic N) is 3. The molecule has 0 bridgehead atoms. The number of aromatic nitrogens is 2. The molecule has 1 heterocycles. The Labute approximate surface area is 227 Å². The first kappa shape index (κ1) is 25.4. The largest absolute Gasteiger partial charge is 0.483 e. The maximum absolute atomic E-state index is 13.4. The third-order valence-electron chi connectivity index (χ3n) is 6.20. The van der Waals surface area contributed by atoms with Crippen molar-refractivity contribution in [3.05, 3.63) is 111 Å². The minimum atomic E-state index is -0.274. The number of hydrogen-bond donors (Lipinski definition) is 1. The molecule has 0 aliphatic rings. The zero-order valence-electron chi connectivity index (χ0n) is 20.9. The van der Waals surface area contributed by atoms with Gasteiger partial charge >= 0.3 is 0 Å². The van der Waals surface area contributed by atoms with Gasteiger partial charge in [-0.05, 0) is 53.6 Å². The van der Waals surface area contributed by atoms with Crippen LogP contribution in [0.5, 0.6) is 5.75 Å². The first-order chi connectivity index (χ1) is 18.4. The van der Waals surface area contributed by atoms with Crippen molar-refractivity contribution in [1.29, 1.82) is 0 Å². The number of para-hydroxylation sites is 1. The highest BCUT2D eigenvalue weighted by Gasteiger charge is 2.13. The molecule has 4 aromatic carbocycles. The number of amides is 1. The van der Waals surface area contributed by atoms with Gasteiger partial charge in [-0.2, -0.15) is 9.78 Å². The quantitative estimate of drug-likeness (QED) is 0.241. The van der Waals surface area contributed by atoms with Crippen LogP contribution < -0.4 is 15.6 Å². The molecule has 0 atom stereocenters.